The number of benzene rings is 2. The molecule has 4 aromatic rings. The van der Waals surface area contributed by atoms with Gasteiger partial charge in [-0.2, -0.15) is 0 Å². The van der Waals surface area contributed by atoms with Gasteiger partial charge in [0.1, 0.15) is 0 Å². The molecule has 2 aromatic carbocycles. The monoisotopic (exact) mass is 596 g/mol. The van der Waals surface area contributed by atoms with Gasteiger partial charge in [-0.25, -0.2) is 40.4 Å². The number of nitrogens with one attached hydrogen (secondary N) is 1. The minimum atomic E-state index is -0.272. The molecule has 0 saturated carbocycles. The van der Waals surface area contributed by atoms with E-state index in [-0.39, 0.29) is 17.4 Å². The molecule has 2 amide bonds. The van der Waals surface area contributed by atoms with Crippen LogP contribution in [0.5, 0.6) is 0 Å². The molecule has 3 aliphatic rings. The predicted molar refractivity (Wildman–Crippen MR) is 170 cm³/mol. The van der Waals surface area contributed by atoms with Gasteiger partial charge in [0.2, 0.25) is 23.7 Å². The first-order valence-electron chi connectivity index (χ1n) is 14.8. The Bertz CT molecular complexity index is 1790. The predicted octanol–water partition coefficient (Wildman–Crippen LogP) is 3.89. The molecule has 7 rings (SSSR count). The van der Waals surface area contributed by atoms with E-state index in [2.05, 4.69) is 54.1 Å². The lowest BCUT2D eigenvalue weighted by Crippen LogP contribution is -2.43. The number of rotatable bonds is 2. The summed E-state index contributed by atoms with van der Waals surface area (Å²) in [7, 11) is 0. The molecule has 2 aromatic heterocycles. The van der Waals surface area contributed by atoms with Crippen molar-refractivity contribution in [1.29, 1.82) is 0 Å². The topological polar surface area (TPSA) is 107 Å². The van der Waals surface area contributed by atoms with E-state index in [9.17, 15) is 9.59 Å². The molecule has 3 aliphatic heterocycles. The molecular formula is C35H32N8O2. The summed E-state index contributed by atoms with van der Waals surface area (Å²) >= 11 is 0. The third kappa shape index (κ3) is 7.22. The van der Waals surface area contributed by atoms with Crippen molar-refractivity contribution in [2.75, 3.05) is 16.6 Å². The summed E-state index contributed by atoms with van der Waals surface area (Å²) in [6, 6.07) is 19.8. The number of aromatic nitrogens is 4. The highest BCUT2D eigenvalue weighted by Gasteiger charge is 2.42. The van der Waals surface area contributed by atoms with Crippen LogP contribution in [-0.2, 0) is 9.59 Å². The van der Waals surface area contributed by atoms with Crippen LogP contribution in [0.1, 0.15) is 61.8 Å². The van der Waals surface area contributed by atoms with Crippen LogP contribution in [0.3, 0.4) is 0 Å². The van der Waals surface area contributed by atoms with Gasteiger partial charge in [0.15, 0.2) is 0 Å². The van der Waals surface area contributed by atoms with Gasteiger partial charge in [-0.15, -0.1) is 0 Å². The molecule has 0 spiro atoms. The zero-order chi connectivity index (χ0) is 31.2. The van der Waals surface area contributed by atoms with Gasteiger partial charge in [0.05, 0.1) is 11.1 Å². The van der Waals surface area contributed by atoms with Gasteiger partial charge < -0.3 is 0 Å². The van der Waals surface area contributed by atoms with Crippen LogP contribution < -0.4 is 15.4 Å². The molecular weight excluding hydrogens is 564 g/mol. The molecule has 10 nitrogen and oxygen atoms in total. The second kappa shape index (κ2) is 13.1. The van der Waals surface area contributed by atoms with E-state index in [0.717, 1.165) is 36.1 Å². The number of fused-ring (bicyclic) bond motifs is 1. The molecule has 0 radical (unpaired) electrons. The van der Waals surface area contributed by atoms with Crippen LogP contribution in [-0.4, -0.2) is 54.9 Å². The lowest BCUT2D eigenvalue weighted by molar-refractivity contribution is -0.118. The number of hydrogen-bond donors (Lipinski definition) is 1. The van der Waals surface area contributed by atoms with Crippen LogP contribution >= 0.6 is 0 Å². The number of amides is 2. The summed E-state index contributed by atoms with van der Waals surface area (Å²) in [5.74, 6) is 13.0. The van der Waals surface area contributed by atoms with E-state index >= 15 is 0 Å². The maximum atomic E-state index is 12.2. The summed E-state index contributed by atoms with van der Waals surface area (Å²) in [5.41, 5.74) is 6.15. The average Bonchev–Trinajstić information content (AvgIpc) is 3.72. The molecule has 3 fully saturated rings. The maximum absolute atomic E-state index is 12.2. The molecule has 45 heavy (non-hydrogen) atoms. The van der Waals surface area contributed by atoms with Crippen molar-refractivity contribution < 1.29 is 9.59 Å². The van der Waals surface area contributed by atoms with E-state index in [1.165, 1.54) is 5.01 Å². The van der Waals surface area contributed by atoms with Crippen molar-refractivity contribution in [2.24, 2.45) is 0 Å². The minimum absolute atomic E-state index is 0.0341. The number of hydrazine groups is 2. The summed E-state index contributed by atoms with van der Waals surface area (Å²) in [5, 5.41) is 5.12. The first kappa shape index (κ1) is 29.6. The second-order valence-electron chi connectivity index (χ2n) is 11.5. The summed E-state index contributed by atoms with van der Waals surface area (Å²) in [4.78, 5) is 41.2. The number of hydrogen-bond acceptors (Lipinski definition) is 8. The Balaban J connectivity index is 0.000000159. The Morgan fingerprint density at radius 2 is 1.22 bits per heavy atom. The molecule has 1 unspecified atom stereocenters. The number of carbonyl (C=O) groups is 2. The molecule has 10 heteroatoms. The fraction of sp³-hybridized carbons (Fsp3) is 0.257. The highest BCUT2D eigenvalue weighted by atomic mass is 16.2. The van der Waals surface area contributed by atoms with Gasteiger partial charge in [0.25, 0.3) is 0 Å². The third-order valence-corrected chi connectivity index (χ3v) is 7.42. The van der Waals surface area contributed by atoms with Crippen LogP contribution in [0.2, 0.25) is 0 Å². The van der Waals surface area contributed by atoms with Crippen molar-refractivity contribution in [2.45, 2.75) is 51.1 Å². The number of carbonyl (C=O) groups excluding carboxylic acids is 2. The molecule has 224 valence electrons. The van der Waals surface area contributed by atoms with Crippen molar-refractivity contribution in [3.8, 4) is 23.7 Å². The highest BCUT2D eigenvalue weighted by Crippen LogP contribution is 2.31. The molecule has 5 heterocycles. The summed E-state index contributed by atoms with van der Waals surface area (Å²) < 4.78 is 0. The lowest BCUT2D eigenvalue weighted by Gasteiger charge is -2.24. The van der Waals surface area contributed by atoms with E-state index in [1.807, 2.05) is 74.5 Å². The molecule has 1 atom stereocenters. The van der Waals surface area contributed by atoms with Crippen molar-refractivity contribution >= 4 is 23.7 Å². The van der Waals surface area contributed by atoms with Gasteiger partial charge >= 0.3 is 0 Å². The number of nitrogens with zero attached hydrogens (tertiary/aromatic N) is 7. The smallest absolute Gasteiger partial charge is 0.247 e. The quantitative estimate of drug-likeness (QED) is 0.348. The van der Waals surface area contributed by atoms with Crippen LogP contribution in [0.15, 0.2) is 85.5 Å². The Hall–Kier alpha value is -5.42. The van der Waals surface area contributed by atoms with Gasteiger partial charge in [-0.3, -0.25) is 9.59 Å². The average molecular weight is 597 g/mol. The fourth-order valence-electron chi connectivity index (χ4n) is 5.30. The molecule has 3 saturated heterocycles. The normalized spacial score (nSPS) is 18.3. The largest absolute Gasteiger partial charge is 0.273 e. The van der Waals surface area contributed by atoms with Gasteiger partial charge in [-0.05, 0) is 51.0 Å². The third-order valence-electron chi connectivity index (χ3n) is 7.42. The van der Waals surface area contributed by atoms with Crippen molar-refractivity contribution in [3.63, 3.8) is 0 Å². The molecule has 1 N–H and O–H groups in total. The second-order valence-corrected chi connectivity index (χ2v) is 11.5. The van der Waals surface area contributed by atoms with Crippen LogP contribution in [0.4, 0.5) is 11.9 Å². The molecule has 0 aliphatic carbocycles. The minimum Gasteiger partial charge on any atom is -0.273 e. The Morgan fingerprint density at radius 3 is 1.73 bits per heavy atom. The van der Waals surface area contributed by atoms with Crippen molar-refractivity contribution in [3.05, 3.63) is 108 Å². The summed E-state index contributed by atoms with van der Waals surface area (Å²) in [6.45, 7) is 4.82. The fourth-order valence-corrected chi connectivity index (χ4v) is 5.30. The Labute approximate surface area is 262 Å². The van der Waals surface area contributed by atoms with Crippen molar-refractivity contribution in [1.82, 2.24) is 30.4 Å². The van der Waals surface area contributed by atoms with E-state index in [1.54, 1.807) is 29.8 Å². The first-order valence-corrected chi connectivity index (χ1v) is 14.8. The first-order chi connectivity index (χ1) is 21.8. The van der Waals surface area contributed by atoms with Crippen LogP contribution in [0, 0.1) is 23.7 Å². The van der Waals surface area contributed by atoms with E-state index in [0.29, 0.717) is 36.3 Å². The highest BCUT2D eigenvalue weighted by molar-refractivity contribution is 5.94. The van der Waals surface area contributed by atoms with Crippen LogP contribution in [0.25, 0.3) is 0 Å². The standard InChI is InChI=1S/C18H16N4O.C17H16N4O/c23-17-11-16-7-4-10-21(16)22(17)18-19-12-15(13-20-18)9-8-14-5-2-1-3-6-14;1-17(2)10-15(22)21(20-17)16-18-11-14(12-19-16)9-8-13-6-4-3-5-7-13/h1-3,5-6,12-13,16H,4,7,10-11H2;3-7,11-12,20H,10H2,1-2H3. The Morgan fingerprint density at radius 1 is 0.711 bits per heavy atom. The maximum Gasteiger partial charge on any atom is 0.247 e. The van der Waals surface area contributed by atoms with Gasteiger partial charge in [-0.1, -0.05) is 60.1 Å². The van der Waals surface area contributed by atoms with Gasteiger partial charge in [0, 0.05) is 66.9 Å². The van der Waals surface area contributed by atoms with E-state index < -0.39 is 0 Å². The Kier molecular flexibility index (Phi) is 8.61. The number of anilines is 2. The summed E-state index contributed by atoms with van der Waals surface area (Å²) in [6.07, 6.45) is 9.78. The lowest BCUT2D eigenvalue weighted by atomic mass is 10.0. The molecule has 0 bridgehead atoms. The zero-order valence-electron chi connectivity index (χ0n) is 25.1. The van der Waals surface area contributed by atoms with E-state index in [4.69, 9.17) is 0 Å². The zero-order valence-corrected chi connectivity index (χ0v) is 25.1. The SMILES string of the molecule is CC1(C)CC(=O)N(c2ncc(C#Cc3ccccc3)cn2)N1.O=C1CC2CCCN2N1c1ncc(C#Cc2ccccc2)cn1.